The van der Waals surface area contributed by atoms with E-state index in [1.165, 1.54) is 0 Å². The maximum Gasteiger partial charge on any atom is 0.408 e. The second kappa shape index (κ2) is 7.11. The number of carbonyl (C=O) groups excluding carboxylic acids is 2. The first-order valence-corrected chi connectivity index (χ1v) is 7.93. The summed E-state index contributed by atoms with van der Waals surface area (Å²) in [6, 6.07) is 4.28. The summed E-state index contributed by atoms with van der Waals surface area (Å²) in [6.45, 7) is 12.9. The van der Waals surface area contributed by atoms with E-state index in [9.17, 15) is 14.7 Å². The number of phenolic OH excluding ortho intramolecular Hbond substituents is 1. The van der Waals surface area contributed by atoms with Crippen molar-refractivity contribution in [3.63, 3.8) is 0 Å². The van der Waals surface area contributed by atoms with Crippen molar-refractivity contribution in [2.24, 2.45) is 0 Å². The topological polar surface area (TPSA) is 87.7 Å². The van der Waals surface area contributed by atoms with E-state index < -0.39 is 23.6 Å². The van der Waals surface area contributed by atoms with Crippen molar-refractivity contribution >= 4 is 17.7 Å². The summed E-state index contributed by atoms with van der Waals surface area (Å²) in [6.07, 6.45) is -0.669. The molecular weight excluding hydrogens is 308 g/mol. The van der Waals surface area contributed by atoms with Gasteiger partial charge in [-0.3, -0.25) is 4.79 Å². The van der Waals surface area contributed by atoms with Gasteiger partial charge in [-0.25, -0.2) is 4.79 Å². The van der Waals surface area contributed by atoms with Gasteiger partial charge in [-0.1, -0.05) is 26.8 Å². The molecule has 0 saturated carbocycles. The number of nitrogens with one attached hydrogen (secondary N) is 2. The molecule has 6 heteroatoms. The lowest BCUT2D eigenvalue weighted by Gasteiger charge is -2.22. The number of rotatable bonds is 3. The highest BCUT2D eigenvalue weighted by molar-refractivity contribution is 5.97. The number of phenols is 1. The van der Waals surface area contributed by atoms with Gasteiger partial charge in [0.2, 0.25) is 5.91 Å². The zero-order valence-corrected chi connectivity index (χ0v) is 15.5. The number of aromatic hydroxyl groups is 1. The second-order valence-corrected chi connectivity index (χ2v) is 7.84. The first kappa shape index (κ1) is 19.8. The normalized spacial score (nSPS) is 13.1. The highest BCUT2D eigenvalue weighted by atomic mass is 16.6. The van der Waals surface area contributed by atoms with Crippen LogP contribution in [-0.4, -0.2) is 28.7 Å². The summed E-state index contributed by atoms with van der Waals surface area (Å²) < 4.78 is 5.12. The molecule has 0 bridgehead atoms. The highest BCUT2D eigenvalue weighted by Gasteiger charge is 2.22. The molecule has 3 N–H and O–H groups in total. The molecule has 2 amide bonds. The first-order chi connectivity index (χ1) is 10.8. The maximum atomic E-state index is 12.2. The van der Waals surface area contributed by atoms with E-state index in [4.69, 9.17) is 4.74 Å². The standard InChI is InChI=1S/C18H28N2O4/c1-11(19-16(23)24-18(5,6)7)15(22)20-13-10-12(17(2,3)4)8-9-14(13)21/h8-11,21H,1-7H3,(H,19,23)(H,20,22)/t11-/m1/s1. The Balaban J connectivity index is 2.79. The van der Waals surface area contributed by atoms with Crippen molar-refractivity contribution < 1.29 is 19.4 Å². The van der Waals surface area contributed by atoms with Crippen LogP contribution >= 0.6 is 0 Å². The lowest BCUT2D eigenvalue weighted by Crippen LogP contribution is -2.44. The third-order valence-electron chi connectivity index (χ3n) is 3.25. The molecule has 1 atom stereocenters. The fourth-order valence-corrected chi connectivity index (χ4v) is 1.89. The maximum absolute atomic E-state index is 12.2. The lowest BCUT2D eigenvalue weighted by molar-refractivity contribution is -0.117. The van der Waals surface area contributed by atoms with Crippen LogP contribution in [0, 0.1) is 0 Å². The summed E-state index contributed by atoms with van der Waals surface area (Å²) in [7, 11) is 0. The van der Waals surface area contributed by atoms with E-state index in [1.807, 2.05) is 26.8 Å². The monoisotopic (exact) mass is 336 g/mol. The van der Waals surface area contributed by atoms with Crippen molar-refractivity contribution in [1.29, 1.82) is 0 Å². The van der Waals surface area contributed by atoms with Crippen LogP contribution in [0.4, 0.5) is 10.5 Å². The first-order valence-electron chi connectivity index (χ1n) is 7.93. The molecule has 6 nitrogen and oxygen atoms in total. The minimum Gasteiger partial charge on any atom is -0.506 e. The van der Waals surface area contributed by atoms with Gasteiger partial charge >= 0.3 is 6.09 Å². The summed E-state index contributed by atoms with van der Waals surface area (Å²) in [5, 5.41) is 15.0. The Morgan fingerprint density at radius 3 is 2.21 bits per heavy atom. The average molecular weight is 336 g/mol. The average Bonchev–Trinajstić information content (AvgIpc) is 2.37. The Morgan fingerprint density at radius 2 is 1.71 bits per heavy atom. The van der Waals surface area contributed by atoms with Crippen molar-refractivity contribution in [2.75, 3.05) is 5.32 Å². The molecular formula is C18H28N2O4. The van der Waals surface area contributed by atoms with Crippen molar-refractivity contribution in [2.45, 2.75) is 65.5 Å². The molecule has 0 saturated heterocycles. The van der Waals surface area contributed by atoms with Crippen LogP contribution in [0.1, 0.15) is 54.0 Å². The molecule has 0 unspecified atom stereocenters. The zero-order valence-electron chi connectivity index (χ0n) is 15.5. The van der Waals surface area contributed by atoms with E-state index >= 15 is 0 Å². The molecule has 1 aromatic rings. The van der Waals surface area contributed by atoms with Crippen molar-refractivity contribution in [3.05, 3.63) is 23.8 Å². The number of hydrogen-bond acceptors (Lipinski definition) is 4. The summed E-state index contributed by atoms with van der Waals surface area (Å²) in [5.74, 6) is -0.469. The fraction of sp³-hybridized carbons (Fsp3) is 0.556. The molecule has 0 aliphatic rings. The molecule has 134 valence electrons. The molecule has 0 fully saturated rings. The van der Waals surface area contributed by atoms with Crippen molar-refractivity contribution in [3.8, 4) is 5.75 Å². The van der Waals surface area contributed by atoms with E-state index in [0.29, 0.717) is 5.69 Å². The quantitative estimate of drug-likeness (QED) is 0.737. The van der Waals surface area contributed by atoms with Gasteiger partial charge in [0.15, 0.2) is 0 Å². The number of benzene rings is 1. The Bertz CT molecular complexity index is 612. The molecule has 0 radical (unpaired) electrons. The van der Waals surface area contributed by atoms with Crippen LogP contribution in [0.2, 0.25) is 0 Å². The van der Waals surface area contributed by atoms with Gasteiger partial charge in [0.1, 0.15) is 17.4 Å². The van der Waals surface area contributed by atoms with Crippen LogP contribution in [0.15, 0.2) is 18.2 Å². The molecule has 1 rings (SSSR count). The molecule has 0 aliphatic carbocycles. The van der Waals surface area contributed by atoms with Gasteiger partial charge in [-0.2, -0.15) is 0 Å². The number of hydrogen-bond donors (Lipinski definition) is 3. The van der Waals surface area contributed by atoms with Crippen LogP contribution in [0.25, 0.3) is 0 Å². The number of amides is 2. The van der Waals surface area contributed by atoms with Gasteiger partial charge < -0.3 is 20.5 Å². The number of carbonyl (C=O) groups is 2. The van der Waals surface area contributed by atoms with E-state index in [-0.39, 0.29) is 11.2 Å². The predicted molar refractivity (Wildman–Crippen MR) is 94.3 cm³/mol. The zero-order chi connectivity index (χ0) is 18.7. The van der Waals surface area contributed by atoms with Crippen LogP contribution < -0.4 is 10.6 Å². The third kappa shape index (κ3) is 6.10. The summed E-state index contributed by atoms with van der Waals surface area (Å²) in [4.78, 5) is 24.0. The largest absolute Gasteiger partial charge is 0.506 e. The Morgan fingerprint density at radius 1 is 1.12 bits per heavy atom. The number of anilines is 1. The number of alkyl carbamates (subject to hydrolysis) is 1. The number of ether oxygens (including phenoxy) is 1. The van der Waals surface area contributed by atoms with Gasteiger partial charge in [-0.15, -0.1) is 0 Å². The van der Waals surface area contributed by atoms with Crippen molar-refractivity contribution in [1.82, 2.24) is 5.32 Å². The Kier molecular flexibility index (Phi) is 5.87. The van der Waals surface area contributed by atoms with Gasteiger partial charge in [-0.05, 0) is 50.8 Å². The molecule has 24 heavy (non-hydrogen) atoms. The Hall–Kier alpha value is -2.24. The van der Waals surface area contributed by atoms with Gasteiger partial charge in [0, 0.05) is 0 Å². The van der Waals surface area contributed by atoms with E-state index in [0.717, 1.165) is 5.56 Å². The molecule has 0 spiro atoms. The summed E-state index contributed by atoms with van der Waals surface area (Å²) in [5.41, 5.74) is 0.529. The second-order valence-electron chi connectivity index (χ2n) is 7.84. The Labute approximate surface area is 143 Å². The molecule has 0 aromatic heterocycles. The van der Waals surface area contributed by atoms with Crippen LogP contribution in [0.3, 0.4) is 0 Å². The minimum atomic E-state index is -0.808. The highest BCUT2D eigenvalue weighted by Crippen LogP contribution is 2.30. The van der Waals surface area contributed by atoms with E-state index in [1.54, 1.807) is 39.8 Å². The van der Waals surface area contributed by atoms with Crippen LogP contribution in [-0.2, 0) is 14.9 Å². The smallest absolute Gasteiger partial charge is 0.408 e. The van der Waals surface area contributed by atoms with Gasteiger partial charge in [0.05, 0.1) is 5.69 Å². The molecule has 0 aliphatic heterocycles. The predicted octanol–water partition coefficient (Wildman–Crippen LogP) is 3.54. The SMILES string of the molecule is C[C@@H](NC(=O)OC(C)(C)C)C(=O)Nc1cc(C(C)(C)C)ccc1O. The lowest BCUT2D eigenvalue weighted by atomic mass is 9.87. The fourth-order valence-electron chi connectivity index (χ4n) is 1.89. The summed E-state index contributed by atoms with van der Waals surface area (Å²) >= 11 is 0. The minimum absolute atomic E-state index is 0.0270. The third-order valence-corrected chi connectivity index (χ3v) is 3.25. The van der Waals surface area contributed by atoms with Crippen LogP contribution in [0.5, 0.6) is 5.75 Å². The molecule has 1 aromatic carbocycles. The van der Waals surface area contributed by atoms with E-state index in [2.05, 4.69) is 10.6 Å². The molecule has 0 heterocycles. The van der Waals surface area contributed by atoms with Gasteiger partial charge in [0.25, 0.3) is 0 Å².